The normalized spacial score (nSPS) is 34.0. The van der Waals surface area contributed by atoms with Gasteiger partial charge in [-0.3, -0.25) is 4.99 Å². The van der Waals surface area contributed by atoms with Crippen molar-refractivity contribution in [3.05, 3.63) is 0 Å². The van der Waals surface area contributed by atoms with Gasteiger partial charge in [0.25, 0.3) is 0 Å². The summed E-state index contributed by atoms with van der Waals surface area (Å²) in [7, 11) is 0. The quantitative estimate of drug-likeness (QED) is 0.597. The van der Waals surface area contributed by atoms with Gasteiger partial charge in [-0.05, 0) is 19.8 Å². The number of rotatable bonds is 2. The Hall–Kier alpha value is -0.850. The Morgan fingerprint density at radius 3 is 2.95 bits per heavy atom. The minimum atomic E-state index is -0.303. The van der Waals surface area contributed by atoms with E-state index < -0.39 is 0 Å². The highest BCUT2D eigenvalue weighted by Crippen LogP contribution is 2.39. The molecule has 0 aromatic rings. The second kappa shape index (κ2) is 5.87. The molecule has 2 unspecified atom stereocenters. The Balaban J connectivity index is 1.49. The largest absolute Gasteiger partial charge is 0.375 e. The molecule has 0 bridgehead atoms. The number of guanidine groups is 1. The van der Waals surface area contributed by atoms with Crippen LogP contribution >= 0.6 is 0 Å². The first-order valence-corrected chi connectivity index (χ1v) is 7.65. The van der Waals surface area contributed by atoms with Gasteiger partial charge in [-0.15, -0.1) is 0 Å². The van der Waals surface area contributed by atoms with Gasteiger partial charge < -0.3 is 24.8 Å². The Bertz CT molecular complexity index is 369. The van der Waals surface area contributed by atoms with E-state index in [4.69, 9.17) is 19.9 Å². The Labute approximate surface area is 120 Å². The summed E-state index contributed by atoms with van der Waals surface area (Å²) in [6, 6.07) is 0. The second-order valence-electron chi connectivity index (χ2n) is 5.99. The van der Waals surface area contributed by atoms with Crippen LogP contribution in [0.5, 0.6) is 0 Å². The molecular formula is C14H25N3O3. The highest BCUT2D eigenvalue weighted by atomic mass is 16.7. The van der Waals surface area contributed by atoms with Gasteiger partial charge in [0.1, 0.15) is 6.10 Å². The number of hydrogen-bond donors (Lipinski definition) is 1. The number of nitrogens with zero attached hydrogens (tertiary/aromatic N) is 2. The molecule has 114 valence electrons. The van der Waals surface area contributed by atoms with Gasteiger partial charge in [0.2, 0.25) is 0 Å². The lowest BCUT2D eigenvalue weighted by Gasteiger charge is -2.32. The van der Waals surface area contributed by atoms with Crippen molar-refractivity contribution in [2.24, 2.45) is 10.7 Å². The summed E-state index contributed by atoms with van der Waals surface area (Å²) >= 11 is 0. The predicted molar refractivity (Wildman–Crippen MR) is 75.5 cm³/mol. The molecule has 2 aliphatic heterocycles. The van der Waals surface area contributed by atoms with Crippen molar-refractivity contribution in [1.82, 2.24) is 4.90 Å². The third kappa shape index (κ3) is 3.07. The zero-order valence-corrected chi connectivity index (χ0v) is 12.2. The van der Waals surface area contributed by atoms with Crippen LogP contribution in [0, 0.1) is 0 Å². The number of morpholine rings is 1. The third-order valence-electron chi connectivity index (χ3n) is 4.30. The minimum Gasteiger partial charge on any atom is -0.375 e. The molecule has 1 aliphatic carbocycles. The lowest BCUT2D eigenvalue weighted by Crippen LogP contribution is -2.48. The first-order valence-electron chi connectivity index (χ1n) is 7.65. The van der Waals surface area contributed by atoms with Gasteiger partial charge in [-0.2, -0.15) is 0 Å². The van der Waals surface area contributed by atoms with E-state index in [0.717, 1.165) is 25.9 Å². The van der Waals surface area contributed by atoms with Gasteiger partial charge in [0, 0.05) is 25.9 Å². The molecular weight excluding hydrogens is 258 g/mol. The van der Waals surface area contributed by atoms with E-state index in [0.29, 0.717) is 25.7 Å². The van der Waals surface area contributed by atoms with E-state index in [1.807, 2.05) is 0 Å². The van der Waals surface area contributed by atoms with Crippen LogP contribution in [-0.2, 0) is 14.2 Å². The van der Waals surface area contributed by atoms with Crippen molar-refractivity contribution < 1.29 is 14.2 Å². The molecule has 3 aliphatic rings. The monoisotopic (exact) mass is 283 g/mol. The average molecular weight is 283 g/mol. The molecule has 2 atom stereocenters. The SMILES string of the molecule is CC1CN(C(N)=NCC2COC3(CCCC3)O2)CCO1. The molecule has 0 aromatic heterocycles. The lowest BCUT2D eigenvalue weighted by atomic mass is 10.2. The molecule has 2 N–H and O–H groups in total. The molecule has 3 rings (SSSR count). The number of hydrogen-bond acceptors (Lipinski definition) is 4. The van der Waals surface area contributed by atoms with E-state index in [1.54, 1.807) is 0 Å². The fourth-order valence-corrected chi connectivity index (χ4v) is 3.20. The number of nitrogens with two attached hydrogens (primary N) is 1. The second-order valence-corrected chi connectivity index (χ2v) is 5.99. The molecule has 0 amide bonds. The molecule has 20 heavy (non-hydrogen) atoms. The molecule has 1 spiro atoms. The minimum absolute atomic E-state index is 0.0464. The van der Waals surface area contributed by atoms with E-state index in [9.17, 15) is 0 Å². The van der Waals surface area contributed by atoms with Gasteiger partial charge >= 0.3 is 0 Å². The Morgan fingerprint density at radius 1 is 1.40 bits per heavy atom. The van der Waals surface area contributed by atoms with Crippen LogP contribution in [0.25, 0.3) is 0 Å². The zero-order chi connectivity index (χ0) is 14.0. The standard InChI is InChI=1S/C14H25N3O3/c1-11-9-17(6-7-18-11)13(15)16-8-12-10-19-14(20-12)4-2-3-5-14/h11-12H,2-10H2,1H3,(H2,15,16). The van der Waals surface area contributed by atoms with Gasteiger partial charge in [0.05, 0.1) is 25.9 Å². The summed E-state index contributed by atoms with van der Waals surface area (Å²) in [6.07, 6.45) is 4.69. The highest BCUT2D eigenvalue weighted by molar-refractivity contribution is 5.78. The van der Waals surface area contributed by atoms with Gasteiger partial charge in [-0.1, -0.05) is 0 Å². The molecule has 2 saturated heterocycles. The van der Waals surface area contributed by atoms with Crippen molar-refractivity contribution in [2.75, 3.05) is 32.8 Å². The summed E-state index contributed by atoms with van der Waals surface area (Å²) in [4.78, 5) is 6.56. The first kappa shape index (κ1) is 14.1. The summed E-state index contributed by atoms with van der Waals surface area (Å²) in [5.41, 5.74) is 6.06. The lowest BCUT2D eigenvalue weighted by molar-refractivity contribution is -0.160. The smallest absolute Gasteiger partial charge is 0.191 e. The van der Waals surface area contributed by atoms with Gasteiger partial charge in [0.15, 0.2) is 11.7 Å². The van der Waals surface area contributed by atoms with Crippen LogP contribution in [0.3, 0.4) is 0 Å². The fourth-order valence-electron chi connectivity index (χ4n) is 3.20. The third-order valence-corrected chi connectivity index (χ3v) is 4.30. The van der Waals surface area contributed by atoms with Gasteiger partial charge in [-0.25, -0.2) is 0 Å². The van der Waals surface area contributed by atoms with Crippen molar-refractivity contribution in [3.8, 4) is 0 Å². The molecule has 2 heterocycles. The Kier molecular flexibility index (Phi) is 4.14. The predicted octanol–water partition coefficient (Wildman–Crippen LogP) is 0.708. The highest BCUT2D eigenvalue weighted by Gasteiger charge is 2.43. The summed E-state index contributed by atoms with van der Waals surface area (Å²) in [5, 5.41) is 0. The topological polar surface area (TPSA) is 69.3 Å². The fraction of sp³-hybridized carbons (Fsp3) is 0.929. The van der Waals surface area contributed by atoms with Crippen molar-refractivity contribution in [2.45, 2.75) is 50.6 Å². The molecule has 3 fully saturated rings. The van der Waals surface area contributed by atoms with E-state index >= 15 is 0 Å². The summed E-state index contributed by atoms with van der Waals surface area (Å²) in [5.74, 6) is 0.290. The van der Waals surface area contributed by atoms with Crippen molar-refractivity contribution in [3.63, 3.8) is 0 Å². The van der Waals surface area contributed by atoms with Crippen LogP contribution < -0.4 is 5.73 Å². The van der Waals surface area contributed by atoms with E-state index in [2.05, 4.69) is 16.8 Å². The molecule has 6 heteroatoms. The molecule has 6 nitrogen and oxygen atoms in total. The maximum Gasteiger partial charge on any atom is 0.191 e. The van der Waals surface area contributed by atoms with Crippen molar-refractivity contribution >= 4 is 5.96 Å². The van der Waals surface area contributed by atoms with Crippen LogP contribution in [0.15, 0.2) is 4.99 Å². The first-order chi connectivity index (χ1) is 9.67. The molecule has 0 radical (unpaired) electrons. The van der Waals surface area contributed by atoms with Crippen molar-refractivity contribution in [1.29, 1.82) is 0 Å². The number of aliphatic imine (C=N–C) groups is 1. The maximum atomic E-state index is 6.06. The molecule has 0 aromatic carbocycles. The maximum absolute atomic E-state index is 6.06. The van der Waals surface area contributed by atoms with Crippen LogP contribution in [-0.4, -0.2) is 61.7 Å². The summed E-state index contributed by atoms with van der Waals surface area (Å²) < 4.78 is 17.4. The molecule has 1 saturated carbocycles. The van der Waals surface area contributed by atoms with E-state index in [-0.39, 0.29) is 18.0 Å². The summed E-state index contributed by atoms with van der Waals surface area (Å²) in [6.45, 7) is 5.60. The number of ether oxygens (including phenoxy) is 3. The van der Waals surface area contributed by atoms with Crippen LogP contribution in [0.4, 0.5) is 0 Å². The van der Waals surface area contributed by atoms with Crippen LogP contribution in [0.1, 0.15) is 32.6 Å². The average Bonchev–Trinajstić information content (AvgIpc) is 3.07. The Morgan fingerprint density at radius 2 is 2.20 bits per heavy atom. The van der Waals surface area contributed by atoms with Crippen LogP contribution in [0.2, 0.25) is 0 Å². The zero-order valence-electron chi connectivity index (χ0n) is 12.2. The van der Waals surface area contributed by atoms with E-state index in [1.165, 1.54) is 12.8 Å².